The van der Waals surface area contributed by atoms with E-state index >= 15 is 0 Å². The van der Waals surface area contributed by atoms with E-state index in [4.69, 9.17) is 4.74 Å². The molecular formula is C12H16O. The van der Waals surface area contributed by atoms with E-state index in [0.717, 1.165) is 6.42 Å². The van der Waals surface area contributed by atoms with Crippen molar-refractivity contribution < 1.29 is 4.74 Å². The Kier molecular flexibility index (Phi) is 4.10. The lowest BCUT2D eigenvalue weighted by molar-refractivity contribution is 0.341. The maximum absolute atomic E-state index is 4.84. The molecule has 0 heterocycles. The van der Waals surface area contributed by atoms with E-state index in [0.29, 0.717) is 0 Å². The summed E-state index contributed by atoms with van der Waals surface area (Å²) in [6.07, 6.45) is 6.01. The molecule has 1 rings (SSSR count). The van der Waals surface area contributed by atoms with Crippen molar-refractivity contribution in [3.8, 4) is 0 Å². The zero-order valence-corrected chi connectivity index (χ0v) is 8.29. The molecule has 0 aliphatic rings. The highest BCUT2D eigenvalue weighted by Gasteiger charge is 1.90. The molecule has 1 aromatic rings. The fourth-order valence-corrected chi connectivity index (χ4v) is 1.23. The summed E-state index contributed by atoms with van der Waals surface area (Å²) in [5, 5.41) is 0. The van der Waals surface area contributed by atoms with E-state index in [2.05, 4.69) is 31.2 Å². The van der Waals surface area contributed by atoms with Gasteiger partial charge >= 0.3 is 0 Å². The van der Waals surface area contributed by atoms with E-state index in [1.54, 1.807) is 13.4 Å². The normalized spacial score (nSPS) is 10.6. The lowest BCUT2D eigenvalue weighted by atomic mass is 10.1. The summed E-state index contributed by atoms with van der Waals surface area (Å²) >= 11 is 0. The van der Waals surface area contributed by atoms with Gasteiger partial charge in [-0.3, -0.25) is 0 Å². The predicted molar refractivity (Wildman–Crippen MR) is 56.5 cm³/mol. The maximum Gasteiger partial charge on any atom is 0.0830 e. The van der Waals surface area contributed by atoms with Crippen LogP contribution in [0.5, 0.6) is 0 Å². The van der Waals surface area contributed by atoms with Gasteiger partial charge in [-0.1, -0.05) is 37.6 Å². The van der Waals surface area contributed by atoms with Crippen LogP contribution in [-0.2, 0) is 11.2 Å². The zero-order chi connectivity index (χ0) is 9.52. The lowest BCUT2D eigenvalue weighted by Crippen LogP contribution is -1.82. The fraction of sp³-hybridized carbons (Fsp3) is 0.333. The molecule has 0 unspecified atom stereocenters. The molecule has 0 amide bonds. The topological polar surface area (TPSA) is 9.23 Å². The van der Waals surface area contributed by atoms with Crippen LogP contribution in [0.15, 0.2) is 30.5 Å². The second-order valence-electron chi connectivity index (χ2n) is 3.03. The minimum atomic E-state index is 1.16. The smallest absolute Gasteiger partial charge is 0.0830 e. The van der Waals surface area contributed by atoms with Crippen LogP contribution < -0.4 is 0 Å². The first-order valence-corrected chi connectivity index (χ1v) is 4.65. The average Bonchev–Trinajstić information content (AvgIpc) is 2.17. The molecule has 0 saturated heterocycles. The van der Waals surface area contributed by atoms with Crippen LogP contribution in [0, 0.1) is 0 Å². The number of rotatable bonds is 4. The van der Waals surface area contributed by atoms with Gasteiger partial charge in [0.2, 0.25) is 0 Å². The molecule has 0 radical (unpaired) electrons. The molecule has 1 aromatic carbocycles. The molecule has 0 bridgehead atoms. The summed E-state index contributed by atoms with van der Waals surface area (Å²) < 4.78 is 4.84. The zero-order valence-electron chi connectivity index (χ0n) is 8.29. The van der Waals surface area contributed by atoms with Crippen molar-refractivity contribution in [3.63, 3.8) is 0 Å². The van der Waals surface area contributed by atoms with Crippen molar-refractivity contribution in [3.05, 3.63) is 41.7 Å². The van der Waals surface area contributed by atoms with Crippen LogP contribution in [0.4, 0.5) is 0 Å². The minimum Gasteiger partial charge on any atom is -0.504 e. The Hall–Kier alpha value is -1.24. The van der Waals surface area contributed by atoms with Crippen LogP contribution >= 0.6 is 0 Å². The molecule has 0 atom stereocenters. The Balaban J connectivity index is 2.64. The molecule has 0 saturated carbocycles. The Morgan fingerprint density at radius 1 is 1.23 bits per heavy atom. The summed E-state index contributed by atoms with van der Waals surface area (Å²) in [6.45, 7) is 2.19. The van der Waals surface area contributed by atoms with Gasteiger partial charge in [-0.05, 0) is 23.6 Å². The third kappa shape index (κ3) is 3.32. The summed E-state index contributed by atoms with van der Waals surface area (Å²) in [7, 11) is 1.65. The van der Waals surface area contributed by atoms with Gasteiger partial charge in [0.15, 0.2) is 0 Å². The third-order valence-corrected chi connectivity index (χ3v) is 1.91. The summed E-state index contributed by atoms with van der Waals surface area (Å²) in [4.78, 5) is 0. The predicted octanol–water partition coefficient (Wildman–Crippen LogP) is 3.26. The highest BCUT2D eigenvalue weighted by atomic mass is 16.5. The van der Waals surface area contributed by atoms with Gasteiger partial charge in [-0.25, -0.2) is 0 Å². The molecule has 0 fully saturated rings. The molecule has 70 valence electrons. The van der Waals surface area contributed by atoms with Gasteiger partial charge in [0, 0.05) is 0 Å². The Labute approximate surface area is 80.0 Å². The molecule has 1 heteroatoms. The molecule has 1 nitrogen and oxygen atoms in total. The lowest BCUT2D eigenvalue weighted by Gasteiger charge is -1.98. The number of hydrogen-bond acceptors (Lipinski definition) is 1. The van der Waals surface area contributed by atoms with E-state index in [9.17, 15) is 0 Å². The van der Waals surface area contributed by atoms with Gasteiger partial charge in [0.25, 0.3) is 0 Å². The van der Waals surface area contributed by atoms with Crippen LogP contribution in [0.3, 0.4) is 0 Å². The van der Waals surface area contributed by atoms with Crippen LogP contribution in [0.25, 0.3) is 6.08 Å². The summed E-state index contributed by atoms with van der Waals surface area (Å²) in [6, 6.07) is 8.55. The number of hydrogen-bond donors (Lipinski definition) is 0. The first-order valence-electron chi connectivity index (χ1n) is 4.65. The largest absolute Gasteiger partial charge is 0.504 e. The fourth-order valence-electron chi connectivity index (χ4n) is 1.23. The van der Waals surface area contributed by atoms with E-state index in [1.807, 2.05) is 6.08 Å². The molecule has 0 spiro atoms. The number of benzene rings is 1. The third-order valence-electron chi connectivity index (χ3n) is 1.91. The maximum atomic E-state index is 4.84. The molecule has 0 aromatic heterocycles. The average molecular weight is 176 g/mol. The van der Waals surface area contributed by atoms with E-state index in [1.165, 1.54) is 17.5 Å². The van der Waals surface area contributed by atoms with Crippen molar-refractivity contribution in [1.29, 1.82) is 0 Å². The summed E-state index contributed by atoms with van der Waals surface area (Å²) in [5.74, 6) is 0. The number of ether oxygens (including phenoxy) is 1. The molecule has 13 heavy (non-hydrogen) atoms. The van der Waals surface area contributed by atoms with Crippen molar-refractivity contribution >= 4 is 6.08 Å². The van der Waals surface area contributed by atoms with Crippen molar-refractivity contribution in [1.82, 2.24) is 0 Å². The van der Waals surface area contributed by atoms with Gasteiger partial charge in [0.05, 0.1) is 13.4 Å². The first kappa shape index (κ1) is 9.85. The molecule has 0 aliphatic carbocycles. The first-order chi connectivity index (χ1) is 6.36. The Morgan fingerprint density at radius 3 is 2.46 bits per heavy atom. The van der Waals surface area contributed by atoms with Crippen LogP contribution in [0.1, 0.15) is 24.5 Å². The minimum absolute atomic E-state index is 1.16. The summed E-state index contributed by atoms with van der Waals surface area (Å²) in [5.41, 5.74) is 2.58. The quantitative estimate of drug-likeness (QED) is 0.640. The van der Waals surface area contributed by atoms with E-state index in [-0.39, 0.29) is 0 Å². The Bertz CT molecular complexity index is 259. The van der Waals surface area contributed by atoms with Gasteiger partial charge in [-0.2, -0.15) is 0 Å². The Morgan fingerprint density at radius 2 is 1.92 bits per heavy atom. The van der Waals surface area contributed by atoms with Gasteiger partial charge in [-0.15, -0.1) is 0 Å². The molecular weight excluding hydrogens is 160 g/mol. The highest BCUT2D eigenvalue weighted by molar-refractivity contribution is 5.48. The SMILES string of the molecule is CCCc1ccc(C=COC)cc1. The van der Waals surface area contributed by atoms with Crippen molar-refractivity contribution in [2.24, 2.45) is 0 Å². The second kappa shape index (κ2) is 5.41. The van der Waals surface area contributed by atoms with Crippen molar-refractivity contribution in [2.45, 2.75) is 19.8 Å². The number of methoxy groups -OCH3 is 1. The molecule has 0 N–H and O–H groups in total. The van der Waals surface area contributed by atoms with Gasteiger partial charge in [0.1, 0.15) is 0 Å². The highest BCUT2D eigenvalue weighted by Crippen LogP contribution is 2.07. The van der Waals surface area contributed by atoms with Gasteiger partial charge < -0.3 is 4.74 Å². The van der Waals surface area contributed by atoms with Crippen molar-refractivity contribution in [2.75, 3.05) is 7.11 Å². The van der Waals surface area contributed by atoms with Crippen LogP contribution in [-0.4, -0.2) is 7.11 Å². The van der Waals surface area contributed by atoms with E-state index < -0.39 is 0 Å². The monoisotopic (exact) mass is 176 g/mol. The second-order valence-corrected chi connectivity index (χ2v) is 3.03. The molecule has 0 aliphatic heterocycles. The standard InChI is InChI=1S/C12H16O/c1-3-4-11-5-7-12(8-6-11)9-10-13-2/h5-10H,3-4H2,1-2H3. The number of aryl methyl sites for hydroxylation is 1. The van der Waals surface area contributed by atoms with Crippen LogP contribution in [0.2, 0.25) is 0 Å².